The third-order valence-corrected chi connectivity index (χ3v) is 5.90. The third kappa shape index (κ3) is 3.20. The fourth-order valence-electron chi connectivity index (χ4n) is 4.52. The van der Waals surface area contributed by atoms with Crippen LogP contribution < -0.4 is 0 Å². The molecular formula is C17H26N4O2. The molecule has 0 aromatic heterocycles. The van der Waals surface area contributed by atoms with E-state index in [1.165, 1.54) is 0 Å². The summed E-state index contributed by atoms with van der Waals surface area (Å²) in [6.07, 6.45) is 3.88. The average Bonchev–Trinajstić information content (AvgIpc) is 3.20. The van der Waals surface area contributed by atoms with Crippen LogP contribution in [0.1, 0.15) is 32.6 Å². The van der Waals surface area contributed by atoms with Crippen molar-refractivity contribution in [2.45, 2.75) is 44.7 Å². The lowest BCUT2D eigenvalue weighted by Crippen LogP contribution is -2.44. The van der Waals surface area contributed by atoms with Gasteiger partial charge < -0.3 is 9.80 Å². The second-order valence-corrected chi connectivity index (χ2v) is 7.36. The molecule has 6 heteroatoms. The first-order chi connectivity index (χ1) is 11.0. The number of rotatable bonds is 3. The maximum Gasteiger partial charge on any atom is 0.237 e. The summed E-state index contributed by atoms with van der Waals surface area (Å²) in [6, 6.07) is 2.42. The van der Waals surface area contributed by atoms with Gasteiger partial charge in [0.05, 0.1) is 12.6 Å². The van der Waals surface area contributed by atoms with Crippen LogP contribution in [0.25, 0.3) is 0 Å². The molecule has 1 aliphatic carbocycles. The molecule has 2 heterocycles. The number of amides is 2. The van der Waals surface area contributed by atoms with Gasteiger partial charge in [-0.15, -0.1) is 0 Å². The lowest BCUT2D eigenvalue weighted by molar-refractivity contribution is -0.132. The highest BCUT2D eigenvalue weighted by Crippen LogP contribution is 2.39. The second kappa shape index (κ2) is 6.48. The molecule has 0 aromatic carbocycles. The standard InChI is InChI=1S/C17H26N4O2/c1-12(22)20-9-13-6-16(7-14(13)10-20)19(2)11-17(23)21-5-3-4-15(21)8-18/h13-16H,3-7,9-11H2,1-2H3/t13-,14+,15-,16?/m0/s1. The number of hydrogen-bond acceptors (Lipinski definition) is 4. The van der Waals surface area contributed by atoms with Gasteiger partial charge in [-0.05, 0) is 44.6 Å². The molecule has 2 saturated heterocycles. The van der Waals surface area contributed by atoms with Crippen molar-refractivity contribution in [1.29, 1.82) is 5.26 Å². The average molecular weight is 318 g/mol. The highest BCUT2D eigenvalue weighted by Gasteiger charge is 2.43. The summed E-state index contributed by atoms with van der Waals surface area (Å²) in [5, 5.41) is 9.12. The van der Waals surface area contributed by atoms with E-state index in [0.717, 1.165) is 38.8 Å². The van der Waals surface area contributed by atoms with E-state index in [2.05, 4.69) is 11.0 Å². The summed E-state index contributed by atoms with van der Waals surface area (Å²) >= 11 is 0. The van der Waals surface area contributed by atoms with E-state index < -0.39 is 0 Å². The molecule has 3 aliphatic rings. The molecule has 126 valence electrons. The first-order valence-electron chi connectivity index (χ1n) is 8.64. The Morgan fingerprint density at radius 3 is 2.48 bits per heavy atom. The molecule has 1 unspecified atom stereocenters. The normalized spacial score (nSPS) is 33.1. The van der Waals surface area contributed by atoms with Crippen molar-refractivity contribution in [1.82, 2.24) is 14.7 Å². The largest absolute Gasteiger partial charge is 0.342 e. The van der Waals surface area contributed by atoms with Gasteiger partial charge in [0.15, 0.2) is 0 Å². The van der Waals surface area contributed by atoms with Crippen LogP contribution in [-0.4, -0.2) is 71.8 Å². The summed E-state index contributed by atoms with van der Waals surface area (Å²) in [5.74, 6) is 1.43. The Kier molecular flexibility index (Phi) is 4.58. The molecule has 0 radical (unpaired) electrons. The zero-order valence-electron chi connectivity index (χ0n) is 14.1. The fraction of sp³-hybridized carbons (Fsp3) is 0.824. The van der Waals surface area contributed by atoms with Crippen molar-refractivity contribution in [3.8, 4) is 6.07 Å². The Hall–Kier alpha value is -1.61. The zero-order chi connectivity index (χ0) is 16.6. The SMILES string of the molecule is CC(=O)N1C[C@H]2CC(N(C)CC(=O)N3CCC[C@H]3C#N)C[C@H]2C1. The number of carbonyl (C=O) groups excluding carboxylic acids is 2. The topological polar surface area (TPSA) is 67.7 Å². The highest BCUT2D eigenvalue weighted by atomic mass is 16.2. The van der Waals surface area contributed by atoms with Crippen LogP contribution in [0.2, 0.25) is 0 Å². The van der Waals surface area contributed by atoms with Gasteiger partial charge in [-0.3, -0.25) is 14.5 Å². The molecular weight excluding hydrogens is 292 g/mol. The number of nitriles is 1. The summed E-state index contributed by atoms with van der Waals surface area (Å²) in [5.41, 5.74) is 0. The Morgan fingerprint density at radius 2 is 1.91 bits per heavy atom. The predicted octanol–water partition coefficient (Wildman–Crippen LogP) is 0.690. The first kappa shape index (κ1) is 16.3. The molecule has 0 aromatic rings. The Bertz CT molecular complexity index is 515. The molecule has 0 spiro atoms. The molecule has 4 atom stereocenters. The quantitative estimate of drug-likeness (QED) is 0.768. The summed E-state index contributed by atoms with van der Waals surface area (Å²) in [4.78, 5) is 29.8. The number of nitrogens with zero attached hydrogens (tertiary/aromatic N) is 4. The molecule has 0 bridgehead atoms. The van der Waals surface area contributed by atoms with Crippen molar-refractivity contribution in [3.05, 3.63) is 0 Å². The molecule has 6 nitrogen and oxygen atoms in total. The van der Waals surface area contributed by atoms with Crippen molar-refractivity contribution < 1.29 is 9.59 Å². The minimum absolute atomic E-state index is 0.0824. The highest BCUT2D eigenvalue weighted by molar-refractivity contribution is 5.79. The van der Waals surface area contributed by atoms with Crippen molar-refractivity contribution in [2.75, 3.05) is 33.2 Å². The van der Waals surface area contributed by atoms with E-state index in [4.69, 9.17) is 5.26 Å². The van der Waals surface area contributed by atoms with Gasteiger partial charge >= 0.3 is 0 Å². The molecule has 2 amide bonds. The second-order valence-electron chi connectivity index (χ2n) is 7.36. The molecule has 3 fully saturated rings. The van der Waals surface area contributed by atoms with E-state index in [9.17, 15) is 9.59 Å². The van der Waals surface area contributed by atoms with E-state index in [1.807, 2.05) is 11.9 Å². The smallest absolute Gasteiger partial charge is 0.237 e. The zero-order valence-corrected chi connectivity index (χ0v) is 14.1. The van der Waals surface area contributed by atoms with Crippen LogP contribution in [0.4, 0.5) is 0 Å². The predicted molar refractivity (Wildman–Crippen MR) is 85.2 cm³/mol. The lowest BCUT2D eigenvalue weighted by atomic mass is 10.0. The van der Waals surface area contributed by atoms with E-state index in [-0.39, 0.29) is 17.9 Å². The summed E-state index contributed by atoms with van der Waals surface area (Å²) < 4.78 is 0. The third-order valence-electron chi connectivity index (χ3n) is 5.90. The Balaban J connectivity index is 1.51. The minimum atomic E-state index is -0.233. The van der Waals surface area contributed by atoms with E-state index in [1.54, 1.807) is 11.8 Å². The van der Waals surface area contributed by atoms with E-state index in [0.29, 0.717) is 31.0 Å². The van der Waals surface area contributed by atoms with Crippen LogP contribution in [0, 0.1) is 23.2 Å². The van der Waals surface area contributed by atoms with Gasteiger partial charge in [-0.25, -0.2) is 0 Å². The first-order valence-corrected chi connectivity index (χ1v) is 8.64. The van der Waals surface area contributed by atoms with Crippen LogP contribution in [0.15, 0.2) is 0 Å². The minimum Gasteiger partial charge on any atom is -0.342 e. The van der Waals surface area contributed by atoms with Gasteiger partial charge in [0.25, 0.3) is 0 Å². The maximum atomic E-state index is 12.4. The Morgan fingerprint density at radius 1 is 1.26 bits per heavy atom. The molecule has 23 heavy (non-hydrogen) atoms. The molecule has 0 N–H and O–H groups in total. The molecule has 3 rings (SSSR count). The van der Waals surface area contributed by atoms with Gasteiger partial charge in [0.1, 0.15) is 6.04 Å². The van der Waals surface area contributed by atoms with Crippen LogP contribution in [0.5, 0.6) is 0 Å². The van der Waals surface area contributed by atoms with Crippen molar-refractivity contribution in [2.24, 2.45) is 11.8 Å². The van der Waals surface area contributed by atoms with Crippen molar-refractivity contribution >= 4 is 11.8 Å². The number of hydrogen-bond donors (Lipinski definition) is 0. The summed E-state index contributed by atoms with van der Waals surface area (Å²) in [7, 11) is 2.02. The maximum absolute atomic E-state index is 12.4. The van der Waals surface area contributed by atoms with E-state index >= 15 is 0 Å². The number of likely N-dealkylation sites (tertiary alicyclic amines) is 2. The fourth-order valence-corrected chi connectivity index (χ4v) is 4.52. The van der Waals surface area contributed by atoms with Gasteiger partial charge in [-0.1, -0.05) is 0 Å². The van der Waals surface area contributed by atoms with Gasteiger partial charge in [0.2, 0.25) is 11.8 Å². The lowest BCUT2D eigenvalue weighted by Gasteiger charge is -2.28. The van der Waals surface area contributed by atoms with Crippen LogP contribution in [-0.2, 0) is 9.59 Å². The van der Waals surface area contributed by atoms with Crippen LogP contribution in [0.3, 0.4) is 0 Å². The van der Waals surface area contributed by atoms with Gasteiger partial charge in [-0.2, -0.15) is 5.26 Å². The number of fused-ring (bicyclic) bond motifs is 1. The molecule has 1 saturated carbocycles. The number of likely N-dealkylation sites (N-methyl/N-ethyl adjacent to an activating group) is 1. The molecule has 2 aliphatic heterocycles. The summed E-state index contributed by atoms with van der Waals surface area (Å²) in [6.45, 7) is 4.51. The monoisotopic (exact) mass is 318 g/mol. The number of carbonyl (C=O) groups is 2. The Labute approximate surface area is 138 Å². The van der Waals surface area contributed by atoms with Crippen LogP contribution >= 0.6 is 0 Å². The van der Waals surface area contributed by atoms with Crippen molar-refractivity contribution in [3.63, 3.8) is 0 Å². The van der Waals surface area contributed by atoms with Gasteiger partial charge in [0, 0.05) is 32.6 Å².